The standard InChI is InChI=1S/C11H8N2O2/c14-11(15)10-6-8(3-5-13-10)9-2-1-4-12-7-9/h1-7H,(H,14,15). The van der Waals surface area contributed by atoms with Crippen molar-refractivity contribution in [2.45, 2.75) is 0 Å². The van der Waals surface area contributed by atoms with E-state index in [9.17, 15) is 4.79 Å². The molecule has 74 valence electrons. The van der Waals surface area contributed by atoms with Gasteiger partial charge in [-0.05, 0) is 23.8 Å². The molecule has 0 radical (unpaired) electrons. The van der Waals surface area contributed by atoms with Gasteiger partial charge in [-0.15, -0.1) is 0 Å². The van der Waals surface area contributed by atoms with Crippen molar-refractivity contribution in [3.05, 3.63) is 48.5 Å². The molecule has 0 fully saturated rings. The molecule has 0 aliphatic carbocycles. The van der Waals surface area contributed by atoms with E-state index in [2.05, 4.69) is 9.97 Å². The summed E-state index contributed by atoms with van der Waals surface area (Å²) in [7, 11) is 0. The molecule has 0 amide bonds. The van der Waals surface area contributed by atoms with Crippen molar-refractivity contribution in [2.75, 3.05) is 0 Å². The van der Waals surface area contributed by atoms with Crippen LogP contribution in [0.3, 0.4) is 0 Å². The van der Waals surface area contributed by atoms with Gasteiger partial charge in [0.2, 0.25) is 0 Å². The monoisotopic (exact) mass is 200 g/mol. The lowest BCUT2D eigenvalue weighted by atomic mass is 10.1. The lowest BCUT2D eigenvalue weighted by Gasteiger charge is -2.00. The highest BCUT2D eigenvalue weighted by Gasteiger charge is 2.05. The molecule has 0 atom stereocenters. The van der Waals surface area contributed by atoms with Gasteiger partial charge < -0.3 is 5.11 Å². The molecule has 0 aromatic carbocycles. The number of aromatic carboxylic acids is 1. The van der Waals surface area contributed by atoms with Gasteiger partial charge in [0, 0.05) is 24.2 Å². The maximum absolute atomic E-state index is 10.7. The Morgan fingerprint density at radius 1 is 1.20 bits per heavy atom. The lowest BCUT2D eigenvalue weighted by molar-refractivity contribution is 0.0690. The summed E-state index contributed by atoms with van der Waals surface area (Å²) in [5.41, 5.74) is 1.72. The molecule has 4 heteroatoms. The third kappa shape index (κ3) is 1.99. The Morgan fingerprint density at radius 2 is 2.07 bits per heavy atom. The van der Waals surface area contributed by atoms with E-state index in [4.69, 9.17) is 5.11 Å². The molecule has 0 bridgehead atoms. The molecular weight excluding hydrogens is 192 g/mol. The van der Waals surface area contributed by atoms with E-state index < -0.39 is 5.97 Å². The second kappa shape index (κ2) is 3.88. The van der Waals surface area contributed by atoms with E-state index >= 15 is 0 Å². The number of nitrogens with zero attached hydrogens (tertiary/aromatic N) is 2. The van der Waals surface area contributed by atoms with E-state index in [0.29, 0.717) is 0 Å². The predicted octanol–water partition coefficient (Wildman–Crippen LogP) is 1.84. The summed E-state index contributed by atoms with van der Waals surface area (Å²) in [5.74, 6) is -1.03. The van der Waals surface area contributed by atoms with E-state index in [0.717, 1.165) is 11.1 Å². The van der Waals surface area contributed by atoms with Gasteiger partial charge in [-0.2, -0.15) is 0 Å². The zero-order valence-corrected chi connectivity index (χ0v) is 7.79. The molecule has 0 saturated heterocycles. The summed E-state index contributed by atoms with van der Waals surface area (Å²) in [5, 5.41) is 8.78. The molecular formula is C11H8N2O2. The smallest absolute Gasteiger partial charge is 0.354 e. The molecule has 0 aliphatic heterocycles. The maximum atomic E-state index is 10.7. The minimum absolute atomic E-state index is 0.0383. The fraction of sp³-hybridized carbons (Fsp3) is 0. The fourth-order valence-electron chi connectivity index (χ4n) is 1.26. The molecule has 0 aliphatic rings. The number of hydrogen-bond donors (Lipinski definition) is 1. The Balaban J connectivity index is 2.46. The minimum Gasteiger partial charge on any atom is -0.477 e. The van der Waals surface area contributed by atoms with Gasteiger partial charge in [0.1, 0.15) is 5.69 Å². The van der Waals surface area contributed by atoms with Crippen molar-refractivity contribution in [3.8, 4) is 11.1 Å². The van der Waals surface area contributed by atoms with Crippen LogP contribution in [-0.2, 0) is 0 Å². The summed E-state index contributed by atoms with van der Waals surface area (Å²) in [4.78, 5) is 18.4. The number of carbonyl (C=O) groups is 1. The first kappa shape index (κ1) is 9.33. The number of rotatable bonds is 2. The average Bonchev–Trinajstić information content (AvgIpc) is 2.30. The van der Waals surface area contributed by atoms with Crippen LogP contribution in [0.5, 0.6) is 0 Å². The zero-order chi connectivity index (χ0) is 10.7. The summed E-state index contributed by atoms with van der Waals surface area (Å²) in [6.07, 6.45) is 4.83. The van der Waals surface area contributed by atoms with Gasteiger partial charge in [-0.25, -0.2) is 9.78 Å². The number of carboxylic acids is 1. The van der Waals surface area contributed by atoms with Crippen LogP contribution in [0.15, 0.2) is 42.9 Å². The van der Waals surface area contributed by atoms with Crippen LogP contribution in [0.2, 0.25) is 0 Å². The van der Waals surface area contributed by atoms with Crippen LogP contribution in [-0.4, -0.2) is 21.0 Å². The van der Waals surface area contributed by atoms with Crippen LogP contribution in [0.1, 0.15) is 10.5 Å². The second-order valence-electron chi connectivity index (χ2n) is 2.98. The van der Waals surface area contributed by atoms with Gasteiger partial charge >= 0.3 is 5.97 Å². The predicted molar refractivity (Wildman–Crippen MR) is 54.4 cm³/mol. The summed E-state index contributed by atoms with van der Waals surface area (Å²) in [6.45, 7) is 0. The van der Waals surface area contributed by atoms with Gasteiger partial charge in [0.05, 0.1) is 0 Å². The lowest BCUT2D eigenvalue weighted by Crippen LogP contribution is -1.99. The van der Waals surface area contributed by atoms with Crippen molar-refractivity contribution in [2.24, 2.45) is 0 Å². The highest BCUT2D eigenvalue weighted by molar-refractivity contribution is 5.87. The van der Waals surface area contributed by atoms with Crippen LogP contribution >= 0.6 is 0 Å². The first-order valence-electron chi connectivity index (χ1n) is 4.37. The third-order valence-corrected chi connectivity index (χ3v) is 1.97. The van der Waals surface area contributed by atoms with Crippen LogP contribution in [0, 0.1) is 0 Å². The van der Waals surface area contributed by atoms with E-state index in [1.165, 1.54) is 12.3 Å². The van der Waals surface area contributed by atoms with Crippen molar-refractivity contribution in [1.82, 2.24) is 9.97 Å². The first-order chi connectivity index (χ1) is 7.27. The van der Waals surface area contributed by atoms with Crippen LogP contribution in [0.4, 0.5) is 0 Å². The van der Waals surface area contributed by atoms with Crippen molar-refractivity contribution in [3.63, 3.8) is 0 Å². The minimum atomic E-state index is -1.03. The molecule has 0 spiro atoms. The second-order valence-corrected chi connectivity index (χ2v) is 2.98. The van der Waals surface area contributed by atoms with E-state index in [-0.39, 0.29) is 5.69 Å². The maximum Gasteiger partial charge on any atom is 0.354 e. The molecule has 2 heterocycles. The molecule has 2 aromatic rings. The normalized spacial score (nSPS) is 9.87. The van der Waals surface area contributed by atoms with E-state index in [1.54, 1.807) is 24.5 Å². The average molecular weight is 200 g/mol. The van der Waals surface area contributed by atoms with Crippen molar-refractivity contribution < 1.29 is 9.90 Å². The molecule has 4 nitrogen and oxygen atoms in total. The fourth-order valence-corrected chi connectivity index (χ4v) is 1.26. The molecule has 0 saturated carbocycles. The number of hydrogen-bond acceptors (Lipinski definition) is 3. The van der Waals surface area contributed by atoms with Gasteiger partial charge in [0.15, 0.2) is 0 Å². The molecule has 15 heavy (non-hydrogen) atoms. The number of pyridine rings is 2. The Kier molecular flexibility index (Phi) is 2.41. The Labute approximate surface area is 86.2 Å². The van der Waals surface area contributed by atoms with Crippen molar-refractivity contribution >= 4 is 5.97 Å². The topological polar surface area (TPSA) is 63.1 Å². The Hall–Kier alpha value is -2.23. The summed E-state index contributed by atoms with van der Waals surface area (Å²) in [6, 6.07) is 6.95. The highest BCUT2D eigenvalue weighted by atomic mass is 16.4. The molecule has 2 rings (SSSR count). The Bertz CT molecular complexity index is 483. The van der Waals surface area contributed by atoms with E-state index in [1.807, 2.05) is 6.07 Å². The van der Waals surface area contributed by atoms with Gasteiger partial charge in [0.25, 0.3) is 0 Å². The zero-order valence-electron chi connectivity index (χ0n) is 7.79. The van der Waals surface area contributed by atoms with Crippen LogP contribution in [0.25, 0.3) is 11.1 Å². The summed E-state index contributed by atoms with van der Waals surface area (Å²) < 4.78 is 0. The van der Waals surface area contributed by atoms with Gasteiger partial charge in [-0.3, -0.25) is 4.98 Å². The molecule has 0 unspecified atom stereocenters. The highest BCUT2D eigenvalue weighted by Crippen LogP contribution is 2.17. The largest absolute Gasteiger partial charge is 0.477 e. The number of aromatic nitrogens is 2. The first-order valence-corrected chi connectivity index (χ1v) is 4.37. The molecule has 2 aromatic heterocycles. The van der Waals surface area contributed by atoms with Crippen LogP contribution < -0.4 is 0 Å². The third-order valence-electron chi connectivity index (χ3n) is 1.97. The number of carboxylic acid groups (broad SMARTS) is 1. The summed E-state index contributed by atoms with van der Waals surface area (Å²) >= 11 is 0. The Morgan fingerprint density at radius 3 is 2.73 bits per heavy atom. The van der Waals surface area contributed by atoms with Gasteiger partial charge in [-0.1, -0.05) is 6.07 Å². The molecule has 1 N–H and O–H groups in total. The quantitative estimate of drug-likeness (QED) is 0.803. The SMILES string of the molecule is O=C(O)c1cc(-c2cccnc2)ccn1. The van der Waals surface area contributed by atoms with Crippen molar-refractivity contribution in [1.29, 1.82) is 0 Å².